The zero-order valence-electron chi connectivity index (χ0n) is 86.5. The Balaban J connectivity index is 0.625. The van der Waals surface area contributed by atoms with Crippen LogP contribution in [0.3, 0.4) is 0 Å². The summed E-state index contributed by atoms with van der Waals surface area (Å²) in [6.45, 7) is 37.9. The molecular formula is C108H170O36. The van der Waals surface area contributed by atoms with Gasteiger partial charge in [-0.1, -0.05) is 109 Å². The van der Waals surface area contributed by atoms with Crippen LogP contribution in [0.4, 0.5) is 0 Å². The Morgan fingerprint density at radius 1 is 0.118 bits per heavy atom. The quantitative estimate of drug-likeness (QED) is 0.0320. The highest BCUT2D eigenvalue weighted by atomic mass is 16.6. The number of ether oxygens (including phenoxy) is 36. The third-order valence-corrected chi connectivity index (χ3v) is 20.6. The molecule has 0 bridgehead atoms. The molecule has 0 fully saturated rings. The SMILES string of the molecule is COCCOCCOCCOCCOCCOCCOCCOCCOCCOCCOCCOCCOCCOCCOCCOCCOCCOc1ccc(-c2ccc(-c3ccc(-c4ccc(-c5ccc(-c6ccc(OCCOCCOCCOCCOCCOCCOCCOCCOCCOCCOCCOCCOCCOCCOCCOCCOCCOC)cc6)c(C)c5)cc4C)cc3)cc2)cc1. The highest BCUT2D eigenvalue weighted by Crippen LogP contribution is 2.35. The molecule has 6 rings (SSSR count). The molecule has 0 aliphatic carbocycles. The first kappa shape index (κ1) is 126. The second kappa shape index (κ2) is 96.1. The van der Waals surface area contributed by atoms with Crippen LogP contribution in [0.5, 0.6) is 11.5 Å². The lowest BCUT2D eigenvalue weighted by Gasteiger charge is -2.13. The van der Waals surface area contributed by atoms with Crippen LogP contribution in [-0.2, 0) is 161 Å². The van der Waals surface area contributed by atoms with E-state index in [1.165, 1.54) is 38.9 Å². The lowest BCUT2D eigenvalue weighted by Crippen LogP contribution is -2.16. The first-order chi connectivity index (χ1) is 71.5. The van der Waals surface area contributed by atoms with E-state index in [2.05, 4.69) is 123 Å². The number of hydrogen-bond donors (Lipinski definition) is 0. The van der Waals surface area contributed by atoms with Crippen molar-refractivity contribution < 1.29 is 171 Å². The molecule has 0 unspecified atom stereocenters. The Labute approximate surface area is 855 Å². The molecule has 0 atom stereocenters. The maximum Gasteiger partial charge on any atom is 0.119 e. The van der Waals surface area contributed by atoms with Crippen molar-refractivity contribution in [2.45, 2.75) is 13.8 Å². The third-order valence-electron chi connectivity index (χ3n) is 20.6. The predicted octanol–water partition coefficient (Wildman–Crippen LogP) is 11.2. The fourth-order valence-electron chi connectivity index (χ4n) is 13.0. The van der Waals surface area contributed by atoms with Gasteiger partial charge in [-0.05, 0) is 105 Å². The maximum atomic E-state index is 5.99. The average Bonchev–Trinajstić information content (AvgIpc) is 0.800. The van der Waals surface area contributed by atoms with Gasteiger partial charge in [0, 0.05) is 14.2 Å². The molecule has 0 heterocycles. The topological polar surface area (TPSA) is 332 Å². The Hall–Kier alpha value is -6.44. The monoisotopic (exact) mass is 2040 g/mol. The van der Waals surface area contributed by atoms with Gasteiger partial charge in [0.05, 0.1) is 436 Å². The van der Waals surface area contributed by atoms with Gasteiger partial charge < -0.3 is 171 Å². The molecular weight excluding hydrogens is 1870 g/mol. The standard InChI is InChI=1S/C108H170O36/c1-95-93-103(104-18-24-108(96(2)94-104)102-15-21-106(22-16-102)144-92-90-142-88-86-140-84-82-138-80-78-136-76-74-134-72-70-132-68-66-130-64-62-128-60-58-126-56-54-124-52-50-122-48-46-120-44-42-118-40-38-116-36-34-114-32-30-112-28-26-110-4)17-23-107(95)101-11-9-99(10-12-101)97-5-7-98(8-6-97)100-13-19-105(20-14-100)143-91-89-141-87-85-139-83-81-137-79-77-135-75-73-133-71-69-131-67-65-129-63-61-127-59-57-125-55-53-123-51-49-121-47-45-119-43-41-117-39-37-115-35-33-113-31-29-111-27-25-109-3/h5-24,93-94H,25-92H2,1-4H3. The van der Waals surface area contributed by atoms with Crippen molar-refractivity contribution in [3.8, 4) is 67.1 Å². The van der Waals surface area contributed by atoms with Crippen molar-refractivity contribution in [1.29, 1.82) is 0 Å². The lowest BCUT2D eigenvalue weighted by atomic mass is 9.92. The van der Waals surface area contributed by atoms with E-state index in [1.54, 1.807) is 14.2 Å². The highest BCUT2D eigenvalue weighted by Gasteiger charge is 2.13. The molecule has 36 heteroatoms. The summed E-state index contributed by atoms with van der Waals surface area (Å²) >= 11 is 0. The van der Waals surface area contributed by atoms with Gasteiger partial charge in [-0.25, -0.2) is 0 Å². The average molecular weight is 2040 g/mol. The fraction of sp³-hybridized carbons (Fsp3) is 0.667. The zero-order valence-corrected chi connectivity index (χ0v) is 86.5. The highest BCUT2D eigenvalue weighted by molar-refractivity contribution is 5.79. The lowest BCUT2D eigenvalue weighted by molar-refractivity contribution is -0.0306. The minimum absolute atomic E-state index is 0.436. The summed E-state index contributed by atoms with van der Waals surface area (Å²) in [6, 6.07) is 47.3. The Morgan fingerprint density at radius 3 is 0.368 bits per heavy atom. The molecule has 818 valence electrons. The Kier molecular flexibility index (Phi) is 84.3. The Morgan fingerprint density at radius 2 is 0.229 bits per heavy atom. The van der Waals surface area contributed by atoms with Crippen LogP contribution < -0.4 is 9.47 Å². The molecule has 0 saturated heterocycles. The minimum atomic E-state index is 0.436. The largest absolute Gasteiger partial charge is 0.491 e. The van der Waals surface area contributed by atoms with Crippen molar-refractivity contribution in [1.82, 2.24) is 0 Å². The van der Waals surface area contributed by atoms with Crippen molar-refractivity contribution in [3.05, 3.63) is 145 Å². The molecule has 6 aromatic rings. The number of hydrogen-bond acceptors (Lipinski definition) is 36. The molecule has 0 aliphatic heterocycles. The van der Waals surface area contributed by atoms with Gasteiger partial charge in [0.25, 0.3) is 0 Å². The molecule has 0 spiro atoms. The molecule has 144 heavy (non-hydrogen) atoms. The van der Waals surface area contributed by atoms with Crippen LogP contribution in [0.1, 0.15) is 11.1 Å². The number of rotatable bonds is 109. The maximum absolute atomic E-state index is 5.99. The summed E-state index contributed by atoms with van der Waals surface area (Å²) in [7, 11) is 3.29. The van der Waals surface area contributed by atoms with E-state index >= 15 is 0 Å². The Bertz CT molecular complexity index is 3750. The summed E-state index contributed by atoms with van der Waals surface area (Å²) in [5, 5.41) is 0. The molecule has 0 aliphatic rings. The second-order valence-electron chi connectivity index (χ2n) is 31.5. The van der Waals surface area contributed by atoms with Gasteiger partial charge in [-0.2, -0.15) is 0 Å². The molecule has 36 nitrogen and oxygen atoms in total. The van der Waals surface area contributed by atoms with E-state index in [0.29, 0.717) is 449 Å². The summed E-state index contributed by atoms with van der Waals surface area (Å²) in [5.41, 5.74) is 14.0. The van der Waals surface area contributed by atoms with Crippen LogP contribution in [0.2, 0.25) is 0 Å². The summed E-state index contributed by atoms with van der Waals surface area (Å²) in [4.78, 5) is 0. The van der Waals surface area contributed by atoms with Gasteiger partial charge in [0.1, 0.15) is 24.7 Å². The van der Waals surface area contributed by atoms with Crippen LogP contribution >= 0.6 is 0 Å². The third kappa shape index (κ3) is 71.3. The number of methoxy groups -OCH3 is 2. The van der Waals surface area contributed by atoms with E-state index in [9.17, 15) is 0 Å². The summed E-state index contributed by atoms with van der Waals surface area (Å²) < 4.78 is 199. The molecule has 0 radical (unpaired) electrons. The van der Waals surface area contributed by atoms with Crippen molar-refractivity contribution >= 4 is 0 Å². The van der Waals surface area contributed by atoms with Crippen molar-refractivity contribution in [3.63, 3.8) is 0 Å². The first-order valence-electron chi connectivity index (χ1n) is 50.9. The van der Waals surface area contributed by atoms with E-state index in [1.807, 2.05) is 24.3 Å². The normalized spacial score (nSPS) is 11.7. The fourth-order valence-corrected chi connectivity index (χ4v) is 13.0. The number of benzene rings is 6. The van der Waals surface area contributed by atoms with Crippen molar-refractivity contribution in [2.24, 2.45) is 0 Å². The summed E-state index contributed by atoms with van der Waals surface area (Å²) in [6.07, 6.45) is 0. The zero-order chi connectivity index (χ0) is 101. The molecule has 0 N–H and O–H groups in total. The van der Waals surface area contributed by atoms with Gasteiger partial charge in [-0.3, -0.25) is 0 Å². The number of aryl methyl sites for hydroxylation is 2. The van der Waals surface area contributed by atoms with Gasteiger partial charge in [0.2, 0.25) is 0 Å². The van der Waals surface area contributed by atoms with Gasteiger partial charge in [0.15, 0.2) is 0 Å². The molecule has 0 saturated carbocycles. The smallest absolute Gasteiger partial charge is 0.119 e. The molecule has 6 aromatic carbocycles. The van der Waals surface area contributed by atoms with E-state index in [4.69, 9.17) is 171 Å². The van der Waals surface area contributed by atoms with E-state index < -0.39 is 0 Å². The van der Waals surface area contributed by atoms with Crippen LogP contribution in [-0.4, -0.2) is 463 Å². The first-order valence-corrected chi connectivity index (χ1v) is 50.9. The minimum Gasteiger partial charge on any atom is -0.491 e. The van der Waals surface area contributed by atoms with E-state index in [-0.39, 0.29) is 0 Å². The molecule has 0 amide bonds. The van der Waals surface area contributed by atoms with Crippen molar-refractivity contribution in [2.75, 3.05) is 463 Å². The van der Waals surface area contributed by atoms with Gasteiger partial charge in [-0.15, -0.1) is 0 Å². The van der Waals surface area contributed by atoms with Gasteiger partial charge >= 0.3 is 0 Å². The second-order valence-corrected chi connectivity index (χ2v) is 31.5. The van der Waals surface area contributed by atoms with Crippen LogP contribution in [0.25, 0.3) is 55.6 Å². The van der Waals surface area contributed by atoms with Crippen LogP contribution in [0, 0.1) is 13.8 Å². The van der Waals surface area contributed by atoms with E-state index in [0.717, 1.165) is 39.3 Å². The summed E-state index contributed by atoms with van der Waals surface area (Å²) in [5.74, 6) is 1.58. The van der Waals surface area contributed by atoms with Crippen LogP contribution in [0.15, 0.2) is 133 Å². The molecule has 0 aromatic heterocycles. The predicted molar refractivity (Wildman–Crippen MR) is 544 cm³/mol.